The van der Waals surface area contributed by atoms with Crippen LogP contribution in [0.25, 0.3) is 22.8 Å². The summed E-state index contributed by atoms with van der Waals surface area (Å²) < 4.78 is 25.3. The second kappa shape index (κ2) is 8.37. The third-order valence-corrected chi connectivity index (χ3v) is 4.51. The second-order valence-electron chi connectivity index (χ2n) is 6.53. The third-order valence-electron chi connectivity index (χ3n) is 4.21. The minimum atomic E-state index is -0.717. The first kappa shape index (κ1) is 20.2. The van der Waals surface area contributed by atoms with E-state index in [0.717, 1.165) is 0 Å². The fraction of sp³-hybridized carbons (Fsp3) is 0.158. The first-order valence-electron chi connectivity index (χ1n) is 8.93. The average Bonchev–Trinajstić information content (AvgIpc) is 3.48. The number of nitriles is 1. The van der Waals surface area contributed by atoms with Gasteiger partial charge in [0, 0.05) is 23.9 Å². The van der Waals surface area contributed by atoms with Crippen molar-refractivity contribution in [3.05, 3.63) is 59.0 Å². The molecule has 0 spiro atoms. The predicted octanol–water partition coefficient (Wildman–Crippen LogP) is 3.07. The van der Waals surface area contributed by atoms with Crippen molar-refractivity contribution in [1.29, 1.82) is 5.26 Å². The van der Waals surface area contributed by atoms with Crippen LogP contribution in [0.15, 0.2) is 45.8 Å². The Morgan fingerprint density at radius 2 is 2.19 bits per heavy atom. The quantitative estimate of drug-likeness (QED) is 0.482. The Bertz CT molecular complexity index is 1250. The van der Waals surface area contributed by atoms with Crippen LogP contribution in [0.1, 0.15) is 23.1 Å². The number of benzene rings is 1. The molecule has 0 fully saturated rings. The third kappa shape index (κ3) is 4.29. The molecule has 10 nitrogen and oxygen atoms in total. The molecule has 0 saturated carbocycles. The van der Waals surface area contributed by atoms with Crippen molar-refractivity contribution in [3.8, 4) is 28.9 Å². The number of halogens is 2. The van der Waals surface area contributed by atoms with Gasteiger partial charge in [0.25, 0.3) is 17.6 Å². The van der Waals surface area contributed by atoms with Gasteiger partial charge in [0.15, 0.2) is 5.69 Å². The molecular formula is C19H13ClFN7O3. The molecule has 31 heavy (non-hydrogen) atoms. The van der Waals surface area contributed by atoms with Gasteiger partial charge in [-0.1, -0.05) is 21.9 Å². The summed E-state index contributed by atoms with van der Waals surface area (Å²) in [6.45, 7) is 2.10. The van der Waals surface area contributed by atoms with E-state index < -0.39 is 11.7 Å². The van der Waals surface area contributed by atoms with Crippen molar-refractivity contribution in [2.45, 2.75) is 19.5 Å². The van der Waals surface area contributed by atoms with Gasteiger partial charge in [-0.25, -0.2) is 4.39 Å². The fourth-order valence-electron chi connectivity index (χ4n) is 2.80. The smallest absolute Gasteiger partial charge is 0.292 e. The standard InChI is InChI=1S/C19H13ClFN7O3/c1-10(23-18(29)17-24-19(31-27-17)16-3-5-30-26-16)9-28-4-2-15(25-28)11-6-13(20)12(8-22)14(21)7-11/h2-7,10H,9H2,1H3,(H,23,29). The summed E-state index contributed by atoms with van der Waals surface area (Å²) in [5.41, 5.74) is 1.01. The summed E-state index contributed by atoms with van der Waals surface area (Å²) in [6.07, 6.45) is 3.03. The van der Waals surface area contributed by atoms with E-state index in [1.807, 2.05) is 0 Å². The van der Waals surface area contributed by atoms with Crippen LogP contribution in [-0.4, -0.2) is 37.0 Å². The summed E-state index contributed by atoms with van der Waals surface area (Å²) in [6, 6.07) is 7.26. The molecule has 1 atom stereocenters. The second-order valence-corrected chi connectivity index (χ2v) is 6.94. The van der Waals surface area contributed by atoms with E-state index in [4.69, 9.17) is 25.9 Å². The normalized spacial score (nSPS) is 11.8. The van der Waals surface area contributed by atoms with E-state index in [1.54, 1.807) is 29.9 Å². The highest BCUT2D eigenvalue weighted by atomic mass is 35.5. The topological polar surface area (TPSA) is 136 Å². The van der Waals surface area contributed by atoms with Crippen LogP contribution in [0.5, 0.6) is 0 Å². The Hall–Kier alpha value is -4.04. The van der Waals surface area contributed by atoms with Crippen LogP contribution in [0.3, 0.4) is 0 Å². The molecule has 4 aromatic rings. The minimum absolute atomic E-state index is 0.0118. The molecule has 1 N–H and O–H groups in total. The molecule has 1 aromatic carbocycles. The maximum Gasteiger partial charge on any atom is 0.292 e. The number of hydrogen-bond donors (Lipinski definition) is 1. The van der Waals surface area contributed by atoms with Gasteiger partial charge in [0.1, 0.15) is 23.7 Å². The van der Waals surface area contributed by atoms with Gasteiger partial charge in [-0.05, 0) is 25.1 Å². The lowest BCUT2D eigenvalue weighted by molar-refractivity contribution is 0.0922. The van der Waals surface area contributed by atoms with E-state index in [2.05, 4.69) is 25.7 Å². The maximum atomic E-state index is 14.0. The maximum absolute atomic E-state index is 14.0. The number of aromatic nitrogens is 5. The zero-order valence-electron chi connectivity index (χ0n) is 15.9. The van der Waals surface area contributed by atoms with Gasteiger partial charge in [0.2, 0.25) is 0 Å². The molecule has 0 radical (unpaired) electrons. The molecule has 0 aliphatic heterocycles. The van der Waals surface area contributed by atoms with E-state index in [0.29, 0.717) is 23.5 Å². The molecule has 3 heterocycles. The van der Waals surface area contributed by atoms with Crippen LogP contribution >= 0.6 is 11.6 Å². The van der Waals surface area contributed by atoms with Crippen molar-refractivity contribution in [2.75, 3.05) is 0 Å². The molecular weight excluding hydrogens is 429 g/mol. The van der Waals surface area contributed by atoms with Crippen LogP contribution in [0.4, 0.5) is 4.39 Å². The molecule has 0 bridgehead atoms. The average molecular weight is 442 g/mol. The molecule has 3 aromatic heterocycles. The highest BCUT2D eigenvalue weighted by molar-refractivity contribution is 6.32. The Balaban J connectivity index is 1.41. The summed E-state index contributed by atoms with van der Waals surface area (Å²) in [7, 11) is 0. The molecule has 1 amide bonds. The highest BCUT2D eigenvalue weighted by Gasteiger charge is 2.19. The van der Waals surface area contributed by atoms with Crippen molar-refractivity contribution < 1.29 is 18.2 Å². The Labute approximate surface area is 179 Å². The Kier molecular flexibility index (Phi) is 5.46. The van der Waals surface area contributed by atoms with Crippen molar-refractivity contribution in [2.24, 2.45) is 0 Å². The van der Waals surface area contributed by atoms with E-state index in [1.165, 1.54) is 24.5 Å². The molecule has 12 heteroatoms. The minimum Gasteiger partial charge on any atom is -0.364 e. The molecule has 4 rings (SSSR count). The largest absolute Gasteiger partial charge is 0.364 e. The van der Waals surface area contributed by atoms with Gasteiger partial charge in [-0.3, -0.25) is 9.48 Å². The van der Waals surface area contributed by atoms with E-state index in [9.17, 15) is 9.18 Å². The summed E-state index contributed by atoms with van der Waals surface area (Å²) >= 11 is 5.95. The number of nitrogens with one attached hydrogen (secondary N) is 1. The monoisotopic (exact) mass is 441 g/mol. The predicted molar refractivity (Wildman–Crippen MR) is 104 cm³/mol. The zero-order chi connectivity index (χ0) is 22.0. The fourth-order valence-corrected chi connectivity index (χ4v) is 3.05. The summed E-state index contributed by atoms with van der Waals surface area (Å²) in [5.74, 6) is -1.32. The first-order chi connectivity index (χ1) is 14.9. The summed E-state index contributed by atoms with van der Waals surface area (Å²) in [4.78, 5) is 16.3. The van der Waals surface area contributed by atoms with Gasteiger partial charge in [-0.2, -0.15) is 15.3 Å². The van der Waals surface area contributed by atoms with E-state index >= 15 is 0 Å². The number of hydrogen-bond acceptors (Lipinski definition) is 8. The highest BCUT2D eigenvalue weighted by Crippen LogP contribution is 2.26. The number of amides is 1. The lowest BCUT2D eigenvalue weighted by Gasteiger charge is -2.12. The van der Waals surface area contributed by atoms with Gasteiger partial charge in [0.05, 0.1) is 17.3 Å². The van der Waals surface area contributed by atoms with Crippen LogP contribution in [0.2, 0.25) is 5.02 Å². The van der Waals surface area contributed by atoms with Gasteiger partial charge < -0.3 is 14.4 Å². The molecule has 0 aliphatic carbocycles. The number of rotatable bonds is 6. The molecule has 0 saturated heterocycles. The van der Waals surface area contributed by atoms with Gasteiger partial charge in [-0.15, -0.1) is 0 Å². The van der Waals surface area contributed by atoms with Crippen LogP contribution < -0.4 is 5.32 Å². The van der Waals surface area contributed by atoms with Crippen molar-refractivity contribution >= 4 is 17.5 Å². The van der Waals surface area contributed by atoms with Crippen LogP contribution in [-0.2, 0) is 6.54 Å². The SMILES string of the molecule is CC(Cn1ccc(-c2cc(F)c(C#N)c(Cl)c2)n1)NC(=O)c1noc(-c2ccon2)n1. The van der Waals surface area contributed by atoms with Gasteiger partial charge >= 0.3 is 0 Å². The van der Waals surface area contributed by atoms with Crippen LogP contribution in [0, 0.1) is 17.1 Å². The Morgan fingerprint density at radius 3 is 2.90 bits per heavy atom. The lowest BCUT2D eigenvalue weighted by atomic mass is 10.1. The Morgan fingerprint density at radius 1 is 1.35 bits per heavy atom. The number of nitrogens with zero attached hydrogens (tertiary/aromatic N) is 6. The van der Waals surface area contributed by atoms with Crippen molar-refractivity contribution in [1.82, 2.24) is 30.4 Å². The molecule has 0 aliphatic rings. The summed E-state index contributed by atoms with van der Waals surface area (Å²) in [5, 5.41) is 23.3. The number of carbonyl (C=O) groups is 1. The lowest BCUT2D eigenvalue weighted by Crippen LogP contribution is -2.36. The van der Waals surface area contributed by atoms with Crippen molar-refractivity contribution in [3.63, 3.8) is 0 Å². The van der Waals surface area contributed by atoms with E-state index in [-0.39, 0.29) is 28.3 Å². The molecule has 156 valence electrons. The zero-order valence-corrected chi connectivity index (χ0v) is 16.7. The first-order valence-corrected chi connectivity index (χ1v) is 9.30. The molecule has 1 unspecified atom stereocenters. The number of carbonyl (C=O) groups excluding carboxylic acids is 1.